The Kier molecular flexibility index (Phi) is 3.83. The van der Waals surface area contributed by atoms with Gasteiger partial charge in [0, 0.05) is 19.5 Å². The van der Waals surface area contributed by atoms with Gasteiger partial charge in [-0.25, -0.2) is 0 Å². The number of nitrogens with zero attached hydrogens (tertiary/aromatic N) is 1. The first-order valence-electron chi connectivity index (χ1n) is 6.58. The van der Waals surface area contributed by atoms with Crippen LogP contribution in [0.1, 0.15) is 45.4 Å². The minimum atomic E-state index is 0.277. The second-order valence-electron chi connectivity index (χ2n) is 5.59. The summed E-state index contributed by atoms with van der Waals surface area (Å²) < 4.78 is 0. The first-order chi connectivity index (χ1) is 7.69. The molecule has 2 nitrogen and oxygen atoms in total. The Morgan fingerprint density at radius 1 is 1.50 bits per heavy atom. The van der Waals surface area contributed by atoms with E-state index >= 15 is 0 Å². The molecular formula is C13H23NOS. The largest absolute Gasteiger partial charge is 0.342 e. The van der Waals surface area contributed by atoms with E-state index in [1.165, 1.54) is 32.1 Å². The number of rotatable bonds is 4. The van der Waals surface area contributed by atoms with Gasteiger partial charge in [-0.2, -0.15) is 12.6 Å². The lowest BCUT2D eigenvalue weighted by atomic mass is 9.94. The van der Waals surface area contributed by atoms with E-state index in [0.717, 1.165) is 31.2 Å². The number of hydrogen-bond donors (Lipinski definition) is 1. The molecule has 3 heteroatoms. The summed E-state index contributed by atoms with van der Waals surface area (Å²) in [6.07, 6.45) is 6.85. The van der Waals surface area contributed by atoms with Crippen LogP contribution in [0.25, 0.3) is 0 Å². The number of piperidine rings is 1. The van der Waals surface area contributed by atoms with Crippen molar-refractivity contribution < 1.29 is 4.79 Å². The molecule has 1 unspecified atom stereocenters. The van der Waals surface area contributed by atoms with Crippen LogP contribution in [0.4, 0.5) is 0 Å². The van der Waals surface area contributed by atoms with E-state index in [0.29, 0.717) is 5.91 Å². The molecule has 2 fully saturated rings. The van der Waals surface area contributed by atoms with E-state index in [1.807, 2.05) is 0 Å². The fourth-order valence-corrected chi connectivity index (χ4v) is 3.05. The minimum Gasteiger partial charge on any atom is -0.342 e. The average Bonchev–Trinajstić information content (AvgIpc) is 3.09. The zero-order valence-corrected chi connectivity index (χ0v) is 11.1. The maximum Gasteiger partial charge on any atom is 0.223 e. The summed E-state index contributed by atoms with van der Waals surface area (Å²) in [6.45, 7) is 4.21. The molecule has 0 aromatic carbocycles. The second kappa shape index (κ2) is 4.99. The molecule has 1 saturated carbocycles. The number of carbonyl (C=O) groups excluding carboxylic acids is 1. The Labute approximate surface area is 104 Å². The van der Waals surface area contributed by atoms with Gasteiger partial charge in [0.05, 0.1) is 0 Å². The van der Waals surface area contributed by atoms with Crippen LogP contribution in [0, 0.1) is 11.3 Å². The van der Waals surface area contributed by atoms with E-state index < -0.39 is 0 Å². The van der Waals surface area contributed by atoms with E-state index in [-0.39, 0.29) is 5.41 Å². The van der Waals surface area contributed by atoms with Gasteiger partial charge in [0.15, 0.2) is 0 Å². The quantitative estimate of drug-likeness (QED) is 0.750. The lowest BCUT2D eigenvalue weighted by Crippen LogP contribution is -2.40. The molecular weight excluding hydrogens is 218 g/mol. The van der Waals surface area contributed by atoms with Gasteiger partial charge in [-0.1, -0.05) is 13.3 Å². The zero-order chi connectivity index (χ0) is 11.6. The summed E-state index contributed by atoms with van der Waals surface area (Å²) in [5, 5.41) is 0. The van der Waals surface area contributed by atoms with Crippen LogP contribution >= 0.6 is 12.6 Å². The van der Waals surface area contributed by atoms with Crippen LogP contribution in [0.15, 0.2) is 0 Å². The SMILES string of the molecule is CCC1CCCN(C(=O)CC2(CS)CC2)C1. The minimum absolute atomic E-state index is 0.277. The third-order valence-electron chi connectivity index (χ3n) is 4.27. The van der Waals surface area contributed by atoms with Crippen molar-refractivity contribution in [1.82, 2.24) is 4.90 Å². The van der Waals surface area contributed by atoms with Crippen LogP contribution in [-0.2, 0) is 4.79 Å². The predicted molar refractivity (Wildman–Crippen MR) is 69.7 cm³/mol. The molecule has 1 aliphatic heterocycles. The Morgan fingerprint density at radius 2 is 2.25 bits per heavy atom. The standard InChI is InChI=1S/C13H23NOS/c1-2-11-4-3-7-14(9-11)12(15)8-13(10-16)5-6-13/h11,16H,2-10H2,1H3. The van der Waals surface area contributed by atoms with Gasteiger partial charge in [0.25, 0.3) is 0 Å². The van der Waals surface area contributed by atoms with Crippen molar-refractivity contribution in [2.45, 2.75) is 45.4 Å². The van der Waals surface area contributed by atoms with Crippen molar-refractivity contribution in [3.8, 4) is 0 Å². The second-order valence-corrected chi connectivity index (χ2v) is 5.91. The van der Waals surface area contributed by atoms with Crippen LogP contribution in [0.3, 0.4) is 0 Å². The van der Waals surface area contributed by atoms with Gasteiger partial charge >= 0.3 is 0 Å². The summed E-state index contributed by atoms with van der Waals surface area (Å²) >= 11 is 4.37. The highest BCUT2D eigenvalue weighted by atomic mass is 32.1. The first-order valence-corrected chi connectivity index (χ1v) is 7.21. The molecule has 2 aliphatic rings. The highest BCUT2D eigenvalue weighted by molar-refractivity contribution is 7.80. The molecule has 1 amide bonds. The lowest BCUT2D eigenvalue weighted by molar-refractivity contribution is -0.134. The smallest absolute Gasteiger partial charge is 0.223 e. The number of amides is 1. The third kappa shape index (κ3) is 2.73. The summed E-state index contributed by atoms with van der Waals surface area (Å²) in [5.41, 5.74) is 0.277. The zero-order valence-electron chi connectivity index (χ0n) is 10.2. The van der Waals surface area contributed by atoms with Gasteiger partial charge < -0.3 is 4.90 Å². The van der Waals surface area contributed by atoms with Crippen LogP contribution in [0.2, 0.25) is 0 Å². The summed E-state index contributed by atoms with van der Waals surface area (Å²) in [4.78, 5) is 14.3. The van der Waals surface area contributed by atoms with Gasteiger partial charge in [0.1, 0.15) is 0 Å². The van der Waals surface area contributed by atoms with Crippen LogP contribution < -0.4 is 0 Å². The molecule has 0 aromatic rings. The molecule has 2 rings (SSSR count). The van der Waals surface area contributed by atoms with E-state index in [2.05, 4.69) is 24.5 Å². The molecule has 0 aromatic heterocycles. The van der Waals surface area contributed by atoms with Crippen molar-refractivity contribution in [1.29, 1.82) is 0 Å². The van der Waals surface area contributed by atoms with E-state index in [4.69, 9.17) is 0 Å². The molecule has 92 valence electrons. The summed E-state index contributed by atoms with van der Waals surface area (Å²) in [6, 6.07) is 0. The van der Waals surface area contributed by atoms with Gasteiger partial charge in [-0.15, -0.1) is 0 Å². The van der Waals surface area contributed by atoms with Crippen LogP contribution in [-0.4, -0.2) is 29.6 Å². The normalized spacial score (nSPS) is 27.9. The summed E-state index contributed by atoms with van der Waals surface area (Å²) in [5.74, 6) is 2.00. The number of thiol groups is 1. The molecule has 1 saturated heterocycles. The average molecular weight is 241 g/mol. The van der Waals surface area contributed by atoms with Crippen molar-refractivity contribution in [2.75, 3.05) is 18.8 Å². The Morgan fingerprint density at radius 3 is 2.81 bits per heavy atom. The Bertz CT molecular complexity index is 263. The van der Waals surface area contributed by atoms with E-state index in [1.54, 1.807) is 0 Å². The molecule has 0 N–H and O–H groups in total. The van der Waals surface area contributed by atoms with Crippen LogP contribution in [0.5, 0.6) is 0 Å². The Balaban J connectivity index is 1.84. The maximum atomic E-state index is 12.2. The fourth-order valence-electron chi connectivity index (χ4n) is 2.62. The van der Waals surface area contributed by atoms with E-state index in [9.17, 15) is 4.79 Å². The summed E-state index contributed by atoms with van der Waals surface area (Å²) in [7, 11) is 0. The molecule has 0 bridgehead atoms. The highest BCUT2D eigenvalue weighted by Crippen LogP contribution is 2.50. The molecule has 1 atom stereocenters. The van der Waals surface area contributed by atoms with Gasteiger partial charge in [0.2, 0.25) is 5.91 Å². The van der Waals surface area contributed by atoms with Crippen molar-refractivity contribution in [3.63, 3.8) is 0 Å². The Hall–Kier alpha value is -0.180. The lowest BCUT2D eigenvalue weighted by Gasteiger charge is -2.33. The predicted octanol–water partition coefficient (Wildman–Crippen LogP) is 2.74. The third-order valence-corrected chi connectivity index (χ3v) is 4.94. The topological polar surface area (TPSA) is 20.3 Å². The molecule has 0 radical (unpaired) electrons. The van der Waals surface area contributed by atoms with Crippen molar-refractivity contribution >= 4 is 18.5 Å². The van der Waals surface area contributed by atoms with Gasteiger partial charge in [-0.05, 0) is 42.8 Å². The molecule has 16 heavy (non-hydrogen) atoms. The molecule has 0 spiro atoms. The van der Waals surface area contributed by atoms with Crippen molar-refractivity contribution in [3.05, 3.63) is 0 Å². The number of likely N-dealkylation sites (tertiary alicyclic amines) is 1. The highest BCUT2D eigenvalue weighted by Gasteiger charge is 2.43. The first kappa shape index (κ1) is 12.3. The maximum absolute atomic E-state index is 12.2. The number of carbonyl (C=O) groups is 1. The monoisotopic (exact) mass is 241 g/mol. The van der Waals surface area contributed by atoms with Gasteiger partial charge in [-0.3, -0.25) is 4.79 Å². The molecule has 1 aliphatic carbocycles. The number of hydrogen-bond acceptors (Lipinski definition) is 2. The van der Waals surface area contributed by atoms with Crippen molar-refractivity contribution in [2.24, 2.45) is 11.3 Å². The fraction of sp³-hybridized carbons (Fsp3) is 0.923. The molecule has 1 heterocycles.